The van der Waals surface area contributed by atoms with Gasteiger partial charge in [-0.05, 0) is 75.6 Å². The summed E-state index contributed by atoms with van der Waals surface area (Å²) in [6.07, 6.45) is 1.01. The van der Waals surface area contributed by atoms with Crippen molar-refractivity contribution in [3.05, 3.63) is 58.7 Å². The van der Waals surface area contributed by atoms with Crippen LogP contribution in [0.2, 0.25) is 13.1 Å². The second kappa shape index (κ2) is 12.4. The Morgan fingerprint density at radius 1 is 0.667 bits per heavy atom. The van der Waals surface area contributed by atoms with Crippen molar-refractivity contribution in [3.63, 3.8) is 0 Å². The third-order valence-corrected chi connectivity index (χ3v) is 12.4. The SMILES string of the molecule is CCOC(=O)C1(C(=O)OCC)Cc2cc([Si](C)(C)c3ccccc3)c3c(c2C1)CC(C(=O)OCC)(C(=O)OCC)CC3. The number of carbonyl (C=O) groups is 4. The lowest BCUT2D eigenvalue weighted by Gasteiger charge is -2.38. The average Bonchev–Trinajstić information content (AvgIpc) is 3.39. The Morgan fingerprint density at radius 2 is 1.14 bits per heavy atom. The van der Waals surface area contributed by atoms with Crippen molar-refractivity contribution in [2.45, 2.75) is 72.9 Å². The molecule has 0 spiro atoms. The van der Waals surface area contributed by atoms with Crippen LogP contribution in [0.3, 0.4) is 0 Å². The summed E-state index contributed by atoms with van der Waals surface area (Å²) in [4.78, 5) is 54.0. The van der Waals surface area contributed by atoms with Crippen LogP contribution in [-0.4, -0.2) is 58.4 Å². The van der Waals surface area contributed by atoms with Gasteiger partial charge in [-0.25, -0.2) is 0 Å². The minimum Gasteiger partial charge on any atom is -0.465 e. The zero-order valence-electron chi connectivity index (χ0n) is 25.6. The van der Waals surface area contributed by atoms with Crippen molar-refractivity contribution in [1.29, 1.82) is 0 Å². The van der Waals surface area contributed by atoms with E-state index in [-0.39, 0.29) is 52.1 Å². The highest BCUT2D eigenvalue weighted by atomic mass is 28.3. The van der Waals surface area contributed by atoms with Crippen LogP contribution < -0.4 is 10.4 Å². The molecule has 0 heterocycles. The molecule has 0 N–H and O–H groups in total. The van der Waals surface area contributed by atoms with E-state index in [0.29, 0.717) is 6.42 Å². The molecule has 2 aliphatic carbocycles. The topological polar surface area (TPSA) is 105 Å². The van der Waals surface area contributed by atoms with Crippen molar-refractivity contribution < 1.29 is 38.1 Å². The van der Waals surface area contributed by atoms with E-state index in [1.54, 1.807) is 27.7 Å². The Kier molecular flexibility index (Phi) is 9.30. The first-order valence-corrected chi connectivity index (χ1v) is 17.9. The number of benzene rings is 2. The van der Waals surface area contributed by atoms with Crippen LogP contribution in [0.5, 0.6) is 0 Å². The van der Waals surface area contributed by atoms with Crippen LogP contribution >= 0.6 is 0 Å². The maximum Gasteiger partial charge on any atom is 0.324 e. The molecule has 0 atom stereocenters. The number of esters is 4. The fourth-order valence-electron chi connectivity index (χ4n) is 6.63. The molecule has 0 fully saturated rings. The third kappa shape index (κ3) is 5.27. The molecule has 0 amide bonds. The van der Waals surface area contributed by atoms with Crippen LogP contribution in [0, 0.1) is 10.8 Å². The molecular weight excluding hydrogens is 552 g/mol. The molecule has 0 aromatic heterocycles. The van der Waals surface area contributed by atoms with E-state index in [1.165, 1.54) is 10.4 Å². The first-order valence-electron chi connectivity index (χ1n) is 14.9. The number of hydrogen-bond donors (Lipinski definition) is 0. The zero-order chi connectivity index (χ0) is 30.7. The van der Waals surface area contributed by atoms with E-state index in [1.807, 2.05) is 18.2 Å². The lowest BCUT2D eigenvalue weighted by Crippen LogP contribution is -2.56. The predicted molar refractivity (Wildman–Crippen MR) is 160 cm³/mol. The van der Waals surface area contributed by atoms with Crippen LogP contribution in [0.1, 0.15) is 56.4 Å². The van der Waals surface area contributed by atoms with E-state index >= 15 is 0 Å². The number of ether oxygens (including phenoxy) is 4. The second-order valence-electron chi connectivity index (χ2n) is 11.6. The summed E-state index contributed by atoms with van der Waals surface area (Å²) < 4.78 is 21.8. The Morgan fingerprint density at radius 3 is 1.64 bits per heavy atom. The van der Waals surface area contributed by atoms with E-state index < -0.39 is 42.8 Å². The lowest BCUT2D eigenvalue weighted by molar-refractivity contribution is -0.174. The minimum absolute atomic E-state index is 0.0805. The van der Waals surface area contributed by atoms with Crippen LogP contribution in [0.4, 0.5) is 0 Å². The number of rotatable bonds is 10. The third-order valence-electron chi connectivity index (χ3n) is 8.84. The van der Waals surface area contributed by atoms with Gasteiger partial charge in [0.1, 0.15) is 8.07 Å². The normalized spacial score (nSPS) is 16.5. The largest absolute Gasteiger partial charge is 0.465 e. The second-order valence-corrected chi connectivity index (χ2v) is 16.0. The van der Waals surface area contributed by atoms with Crippen molar-refractivity contribution in [2.24, 2.45) is 10.8 Å². The van der Waals surface area contributed by atoms with Gasteiger partial charge in [-0.3, -0.25) is 19.2 Å². The van der Waals surface area contributed by atoms with Crippen molar-refractivity contribution in [1.82, 2.24) is 0 Å². The highest BCUT2D eigenvalue weighted by molar-refractivity contribution is 7.00. The Bertz CT molecular complexity index is 1330. The smallest absolute Gasteiger partial charge is 0.324 e. The minimum atomic E-state index is -2.30. The van der Waals surface area contributed by atoms with Gasteiger partial charge in [-0.2, -0.15) is 0 Å². The fraction of sp³-hybridized carbons (Fsp3) is 0.515. The predicted octanol–water partition coefficient (Wildman–Crippen LogP) is 3.32. The summed E-state index contributed by atoms with van der Waals surface area (Å²) in [5.74, 6) is -2.44. The van der Waals surface area contributed by atoms with E-state index in [2.05, 4.69) is 31.3 Å². The number of carbonyl (C=O) groups excluding carboxylic acids is 4. The summed E-state index contributed by atoms with van der Waals surface area (Å²) >= 11 is 0. The van der Waals surface area contributed by atoms with Gasteiger partial charge in [0, 0.05) is 6.42 Å². The van der Waals surface area contributed by atoms with Gasteiger partial charge < -0.3 is 18.9 Å². The molecule has 2 aliphatic rings. The van der Waals surface area contributed by atoms with Gasteiger partial charge in [0.2, 0.25) is 0 Å². The summed E-state index contributed by atoms with van der Waals surface area (Å²) in [5.41, 5.74) is 0.537. The molecule has 0 saturated carbocycles. The highest BCUT2D eigenvalue weighted by Gasteiger charge is 2.57. The first kappa shape index (κ1) is 31.5. The van der Waals surface area contributed by atoms with Gasteiger partial charge >= 0.3 is 23.9 Å². The van der Waals surface area contributed by atoms with E-state index in [0.717, 1.165) is 22.3 Å². The van der Waals surface area contributed by atoms with Gasteiger partial charge in [0.05, 0.1) is 26.4 Å². The molecule has 0 aliphatic heterocycles. The standard InChI is InChI=1S/C33H42O8Si/c1-7-38-28(34)32(29(35)39-8-2)17-16-24-26(21-32)25-20-33(30(36)40-9-3,31(37)41-10-4)19-22(25)18-27(24)42(5,6)23-14-12-11-13-15-23/h11-15,18H,7-10,16-17,19-21H2,1-6H3. The quantitative estimate of drug-likeness (QED) is 0.179. The van der Waals surface area contributed by atoms with Gasteiger partial charge in [-0.1, -0.05) is 59.9 Å². The fourth-order valence-corrected chi connectivity index (χ4v) is 9.53. The molecule has 0 radical (unpaired) electrons. The Hall–Kier alpha value is -3.46. The van der Waals surface area contributed by atoms with Crippen molar-refractivity contribution in [2.75, 3.05) is 26.4 Å². The van der Waals surface area contributed by atoms with Gasteiger partial charge in [0.15, 0.2) is 10.8 Å². The molecule has 8 nitrogen and oxygen atoms in total. The summed E-state index contributed by atoms with van der Waals surface area (Å²) in [7, 11) is -2.30. The maximum absolute atomic E-state index is 13.5. The van der Waals surface area contributed by atoms with E-state index in [4.69, 9.17) is 18.9 Å². The van der Waals surface area contributed by atoms with Crippen LogP contribution in [0.25, 0.3) is 0 Å². The van der Waals surface area contributed by atoms with Gasteiger partial charge in [0.25, 0.3) is 0 Å². The van der Waals surface area contributed by atoms with Crippen LogP contribution in [-0.2, 0) is 63.8 Å². The Balaban J connectivity index is 1.97. The molecule has 2 aromatic carbocycles. The maximum atomic E-state index is 13.5. The molecule has 226 valence electrons. The molecule has 2 aromatic rings. The molecular formula is C33H42O8Si. The first-order chi connectivity index (χ1) is 20.0. The van der Waals surface area contributed by atoms with Gasteiger partial charge in [-0.15, -0.1) is 0 Å². The van der Waals surface area contributed by atoms with Crippen LogP contribution in [0.15, 0.2) is 36.4 Å². The lowest BCUT2D eigenvalue weighted by atomic mass is 9.69. The Labute approximate surface area is 249 Å². The molecule has 4 rings (SSSR count). The van der Waals surface area contributed by atoms with E-state index in [9.17, 15) is 19.2 Å². The molecule has 9 heteroatoms. The monoisotopic (exact) mass is 594 g/mol. The highest BCUT2D eigenvalue weighted by Crippen LogP contribution is 2.47. The summed E-state index contributed by atoms with van der Waals surface area (Å²) in [5, 5.41) is 2.41. The number of hydrogen-bond acceptors (Lipinski definition) is 8. The molecule has 0 unspecified atom stereocenters. The molecule has 0 bridgehead atoms. The number of fused-ring (bicyclic) bond motifs is 3. The van der Waals surface area contributed by atoms with Crippen molar-refractivity contribution >= 4 is 42.3 Å². The average molecular weight is 595 g/mol. The zero-order valence-corrected chi connectivity index (χ0v) is 26.6. The molecule has 0 saturated heterocycles. The summed E-state index contributed by atoms with van der Waals surface area (Å²) in [6.45, 7) is 11.9. The van der Waals surface area contributed by atoms with Crippen molar-refractivity contribution in [3.8, 4) is 0 Å². The molecule has 42 heavy (non-hydrogen) atoms. The summed E-state index contributed by atoms with van der Waals surface area (Å²) in [6, 6.07) is 12.5.